The molecule has 1 saturated heterocycles. The molecule has 1 N–H and O–H groups in total. The zero-order chi connectivity index (χ0) is 18.5. The van der Waals surface area contributed by atoms with Crippen molar-refractivity contribution < 1.29 is 9.59 Å². The van der Waals surface area contributed by atoms with Crippen LogP contribution in [0.25, 0.3) is 0 Å². The molecule has 6 heteroatoms. The molecule has 2 amide bonds. The number of anilines is 1. The molecule has 0 aliphatic carbocycles. The average molecular weight is 389 g/mol. The summed E-state index contributed by atoms with van der Waals surface area (Å²) in [7, 11) is 0. The highest BCUT2D eigenvalue weighted by atomic mass is 35.5. The Morgan fingerprint density at radius 2 is 2.00 bits per heavy atom. The third-order valence-corrected chi connectivity index (χ3v) is 5.49. The number of nitrogens with one attached hydrogen (secondary N) is 1. The lowest BCUT2D eigenvalue weighted by Gasteiger charge is -2.19. The minimum atomic E-state index is -0.180. The van der Waals surface area contributed by atoms with Crippen LogP contribution in [0.15, 0.2) is 47.4 Å². The van der Waals surface area contributed by atoms with Crippen molar-refractivity contribution in [2.75, 3.05) is 23.7 Å². The summed E-state index contributed by atoms with van der Waals surface area (Å²) in [4.78, 5) is 27.5. The monoisotopic (exact) mass is 388 g/mol. The first-order valence-electron chi connectivity index (χ1n) is 8.62. The average Bonchev–Trinajstić information content (AvgIpc) is 3.06. The quantitative estimate of drug-likeness (QED) is 0.593. The molecule has 2 aromatic rings. The van der Waals surface area contributed by atoms with Crippen molar-refractivity contribution in [1.29, 1.82) is 0 Å². The van der Waals surface area contributed by atoms with E-state index >= 15 is 0 Å². The summed E-state index contributed by atoms with van der Waals surface area (Å²) >= 11 is 7.78. The minimum Gasteiger partial charge on any atom is -0.351 e. The van der Waals surface area contributed by atoms with E-state index in [-0.39, 0.29) is 11.8 Å². The van der Waals surface area contributed by atoms with Crippen molar-refractivity contribution in [3.8, 4) is 0 Å². The fourth-order valence-electron chi connectivity index (χ4n) is 2.89. The van der Waals surface area contributed by atoms with Gasteiger partial charge in [-0.3, -0.25) is 9.59 Å². The number of carbonyl (C=O) groups excluding carboxylic acids is 2. The first kappa shape index (κ1) is 18.8. The number of nitrogens with zero attached hydrogens (tertiary/aromatic N) is 1. The topological polar surface area (TPSA) is 49.4 Å². The standard InChI is InChI=1S/C20H21ClN2O2S/c1-14-4-7-16(8-5-14)26-12-10-22-20(25)17-9-6-15(21)13-18(17)23-11-2-3-19(23)24/h4-9,13H,2-3,10-12H2,1H3,(H,22,25). The van der Waals surface area contributed by atoms with E-state index in [1.54, 1.807) is 34.9 Å². The first-order chi connectivity index (χ1) is 12.5. The van der Waals surface area contributed by atoms with E-state index in [1.807, 2.05) is 0 Å². The Labute approximate surface area is 162 Å². The van der Waals surface area contributed by atoms with Crippen LogP contribution < -0.4 is 10.2 Å². The van der Waals surface area contributed by atoms with Gasteiger partial charge in [-0.2, -0.15) is 0 Å². The third-order valence-electron chi connectivity index (χ3n) is 4.25. The Morgan fingerprint density at radius 1 is 1.23 bits per heavy atom. The van der Waals surface area contributed by atoms with E-state index in [9.17, 15) is 9.59 Å². The van der Waals surface area contributed by atoms with Gasteiger partial charge in [-0.25, -0.2) is 0 Å². The first-order valence-corrected chi connectivity index (χ1v) is 9.98. The van der Waals surface area contributed by atoms with Crippen molar-refractivity contribution in [2.24, 2.45) is 0 Å². The van der Waals surface area contributed by atoms with E-state index < -0.39 is 0 Å². The predicted molar refractivity (Wildman–Crippen MR) is 107 cm³/mol. The van der Waals surface area contributed by atoms with Crippen molar-refractivity contribution in [1.82, 2.24) is 5.32 Å². The molecule has 0 unspecified atom stereocenters. The van der Waals surface area contributed by atoms with Gasteiger partial charge < -0.3 is 10.2 Å². The lowest BCUT2D eigenvalue weighted by Crippen LogP contribution is -2.30. The summed E-state index contributed by atoms with van der Waals surface area (Å²) in [6.07, 6.45) is 1.32. The van der Waals surface area contributed by atoms with Gasteiger partial charge in [0, 0.05) is 35.2 Å². The molecule has 2 aromatic carbocycles. The zero-order valence-electron chi connectivity index (χ0n) is 14.6. The van der Waals surface area contributed by atoms with Gasteiger partial charge in [-0.05, 0) is 43.7 Å². The van der Waals surface area contributed by atoms with Crippen LogP contribution in [0.5, 0.6) is 0 Å². The molecule has 0 spiro atoms. The van der Waals surface area contributed by atoms with E-state index in [0.717, 1.165) is 12.2 Å². The molecule has 3 rings (SSSR count). The van der Waals surface area contributed by atoms with Crippen molar-refractivity contribution >= 4 is 40.9 Å². The largest absolute Gasteiger partial charge is 0.351 e. The van der Waals surface area contributed by atoms with E-state index in [4.69, 9.17) is 11.6 Å². The molecule has 136 valence electrons. The summed E-state index contributed by atoms with van der Waals surface area (Å²) in [6, 6.07) is 13.4. The van der Waals surface area contributed by atoms with E-state index in [1.165, 1.54) is 10.5 Å². The van der Waals surface area contributed by atoms with Gasteiger partial charge in [-0.1, -0.05) is 29.3 Å². The van der Waals surface area contributed by atoms with Crippen molar-refractivity contribution in [3.05, 3.63) is 58.6 Å². The molecular formula is C20H21ClN2O2S. The Hall–Kier alpha value is -1.98. The number of hydrogen-bond donors (Lipinski definition) is 1. The summed E-state index contributed by atoms with van der Waals surface area (Å²) < 4.78 is 0. The van der Waals surface area contributed by atoms with Gasteiger partial charge in [0.15, 0.2) is 0 Å². The van der Waals surface area contributed by atoms with Gasteiger partial charge in [-0.15, -0.1) is 11.8 Å². The Balaban J connectivity index is 1.60. The second-order valence-electron chi connectivity index (χ2n) is 6.23. The molecule has 0 bridgehead atoms. The van der Waals surface area contributed by atoms with E-state index in [2.05, 4.69) is 36.5 Å². The number of rotatable bonds is 6. The predicted octanol–water partition coefficient (Wildman–Crippen LogP) is 4.30. The fourth-order valence-corrected chi connectivity index (χ4v) is 3.82. The zero-order valence-corrected chi connectivity index (χ0v) is 16.2. The number of aryl methyl sites for hydroxylation is 1. The molecule has 1 aliphatic rings. The lowest BCUT2D eigenvalue weighted by molar-refractivity contribution is -0.117. The summed E-state index contributed by atoms with van der Waals surface area (Å²) in [5, 5.41) is 3.46. The molecule has 1 heterocycles. The lowest BCUT2D eigenvalue weighted by atomic mass is 10.1. The van der Waals surface area contributed by atoms with Crippen LogP contribution >= 0.6 is 23.4 Å². The van der Waals surface area contributed by atoms with Gasteiger partial charge >= 0.3 is 0 Å². The fraction of sp³-hybridized carbons (Fsp3) is 0.300. The number of halogens is 1. The SMILES string of the molecule is Cc1ccc(SCCNC(=O)c2ccc(Cl)cc2N2CCCC2=O)cc1. The number of carbonyl (C=O) groups is 2. The van der Waals surface area contributed by atoms with Crippen LogP contribution in [0.1, 0.15) is 28.8 Å². The maximum absolute atomic E-state index is 12.6. The van der Waals surface area contributed by atoms with Crippen molar-refractivity contribution in [2.45, 2.75) is 24.7 Å². The Kier molecular flexibility index (Phi) is 6.22. The highest BCUT2D eigenvalue weighted by Crippen LogP contribution is 2.28. The Bertz CT molecular complexity index is 808. The van der Waals surface area contributed by atoms with Crippen LogP contribution in [0.4, 0.5) is 5.69 Å². The third kappa shape index (κ3) is 4.59. The molecule has 0 saturated carbocycles. The minimum absolute atomic E-state index is 0.0382. The van der Waals surface area contributed by atoms with Crippen LogP contribution in [0.3, 0.4) is 0 Å². The number of amides is 2. The highest BCUT2D eigenvalue weighted by Gasteiger charge is 2.26. The van der Waals surface area contributed by atoms with E-state index in [0.29, 0.717) is 35.8 Å². The van der Waals surface area contributed by atoms with Gasteiger partial charge in [0.05, 0.1) is 11.3 Å². The van der Waals surface area contributed by atoms with Crippen molar-refractivity contribution in [3.63, 3.8) is 0 Å². The second-order valence-corrected chi connectivity index (χ2v) is 7.83. The molecule has 0 radical (unpaired) electrons. The van der Waals surface area contributed by atoms with Crippen LogP contribution in [0.2, 0.25) is 5.02 Å². The van der Waals surface area contributed by atoms with Gasteiger partial charge in [0.1, 0.15) is 0 Å². The number of hydrogen-bond acceptors (Lipinski definition) is 3. The molecule has 1 fully saturated rings. The second kappa shape index (κ2) is 8.60. The smallest absolute Gasteiger partial charge is 0.253 e. The molecular weight excluding hydrogens is 368 g/mol. The Morgan fingerprint density at radius 3 is 2.69 bits per heavy atom. The molecule has 4 nitrogen and oxygen atoms in total. The molecule has 0 atom stereocenters. The number of thioether (sulfide) groups is 1. The maximum Gasteiger partial charge on any atom is 0.253 e. The summed E-state index contributed by atoms with van der Waals surface area (Å²) in [5.41, 5.74) is 2.32. The van der Waals surface area contributed by atoms with Crippen LogP contribution in [0, 0.1) is 6.92 Å². The highest BCUT2D eigenvalue weighted by molar-refractivity contribution is 7.99. The van der Waals surface area contributed by atoms with Gasteiger partial charge in [0.2, 0.25) is 5.91 Å². The number of benzene rings is 2. The van der Waals surface area contributed by atoms with Crippen LogP contribution in [-0.4, -0.2) is 30.7 Å². The molecule has 26 heavy (non-hydrogen) atoms. The molecule has 1 aliphatic heterocycles. The normalized spacial score (nSPS) is 13.9. The summed E-state index contributed by atoms with van der Waals surface area (Å²) in [6.45, 7) is 3.24. The maximum atomic E-state index is 12.6. The van der Waals surface area contributed by atoms with Gasteiger partial charge in [0.25, 0.3) is 5.91 Å². The summed E-state index contributed by atoms with van der Waals surface area (Å²) in [5.74, 6) is 0.637. The van der Waals surface area contributed by atoms with Crippen LogP contribution in [-0.2, 0) is 4.79 Å². The molecule has 0 aromatic heterocycles.